The van der Waals surface area contributed by atoms with E-state index in [4.69, 9.17) is 11.6 Å². The zero-order valence-corrected chi connectivity index (χ0v) is 15.9. The summed E-state index contributed by atoms with van der Waals surface area (Å²) in [5.74, 6) is 0.445. The highest BCUT2D eigenvalue weighted by Crippen LogP contribution is 2.29. The zero-order valence-electron chi connectivity index (χ0n) is 15.1. The predicted molar refractivity (Wildman–Crippen MR) is 101 cm³/mol. The van der Waals surface area contributed by atoms with E-state index < -0.39 is 0 Å². The number of aryl methyl sites for hydroxylation is 3. The molecular weight excluding hydrogens is 338 g/mol. The first-order chi connectivity index (χ1) is 11.9. The van der Waals surface area contributed by atoms with Crippen molar-refractivity contribution in [2.45, 2.75) is 53.4 Å². The topological polar surface area (TPSA) is 74.8 Å². The molecule has 1 aromatic heterocycles. The number of aromatic nitrogens is 2. The van der Waals surface area contributed by atoms with Crippen LogP contribution in [0.1, 0.15) is 48.5 Å². The minimum absolute atomic E-state index is 0.133. The fourth-order valence-corrected chi connectivity index (χ4v) is 3.24. The molecule has 134 valence electrons. The Hall–Kier alpha value is -2.14. The van der Waals surface area contributed by atoms with Crippen molar-refractivity contribution in [1.82, 2.24) is 9.97 Å². The summed E-state index contributed by atoms with van der Waals surface area (Å²) >= 11 is 6.27. The maximum Gasteiger partial charge on any atom is 0.254 e. The van der Waals surface area contributed by atoms with Gasteiger partial charge in [0.15, 0.2) is 0 Å². The molecule has 2 rings (SSSR count). The molecule has 0 saturated carbocycles. The lowest BCUT2D eigenvalue weighted by Crippen LogP contribution is -2.21. The van der Waals surface area contributed by atoms with Crippen LogP contribution in [0.4, 0.5) is 5.69 Å². The number of aromatic amines is 1. The number of nitrogens with one attached hydrogen (secondary N) is 2. The quantitative estimate of drug-likeness (QED) is 0.823. The van der Waals surface area contributed by atoms with Gasteiger partial charge in [0, 0.05) is 28.4 Å². The molecule has 2 N–H and O–H groups in total. The third-order valence-corrected chi connectivity index (χ3v) is 4.64. The summed E-state index contributed by atoms with van der Waals surface area (Å²) in [6.45, 7) is 7.58. The van der Waals surface area contributed by atoms with E-state index in [0.717, 1.165) is 29.7 Å². The van der Waals surface area contributed by atoms with Gasteiger partial charge in [-0.2, -0.15) is 0 Å². The van der Waals surface area contributed by atoms with Crippen molar-refractivity contribution in [2.24, 2.45) is 0 Å². The number of hydrogen-bond acceptors (Lipinski definition) is 3. The Morgan fingerprint density at radius 3 is 2.52 bits per heavy atom. The number of amides is 1. The van der Waals surface area contributed by atoms with Crippen molar-refractivity contribution >= 4 is 23.2 Å². The van der Waals surface area contributed by atoms with Crippen molar-refractivity contribution < 1.29 is 4.79 Å². The highest BCUT2D eigenvalue weighted by Gasteiger charge is 2.14. The van der Waals surface area contributed by atoms with Gasteiger partial charge in [0.1, 0.15) is 5.82 Å². The van der Waals surface area contributed by atoms with Gasteiger partial charge in [0.25, 0.3) is 5.56 Å². The molecule has 0 aliphatic rings. The van der Waals surface area contributed by atoms with Gasteiger partial charge in [-0.1, -0.05) is 31.5 Å². The van der Waals surface area contributed by atoms with Gasteiger partial charge < -0.3 is 10.3 Å². The second kappa shape index (κ2) is 8.30. The zero-order chi connectivity index (χ0) is 18.6. The maximum absolute atomic E-state index is 12.4. The molecule has 0 radical (unpaired) electrons. The number of carbonyl (C=O) groups excluding carboxylic acids is 1. The third-order valence-electron chi connectivity index (χ3n) is 4.28. The van der Waals surface area contributed by atoms with E-state index in [0.29, 0.717) is 28.5 Å². The summed E-state index contributed by atoms with van der Waals surface area (Å²) in [4.78, 5) is 31.4. The average molecular weight is 362 g/mol. The Bertz CT molecular complexity index is 843. The van der Waals surface area contributed by atoms with Crippen LogP contribution in [0.2, 0.25) is 5.02 Å². The lowest BCUT2D eigenvalue weighted by Gasteiger charge is -2.16. The van der Waals surface area contributed by atoms with Crippen molar-refractivity contribution in [3.05, 3.63) is 55.7 Å². The number of rotatable bonds is 6. The van der Waals surface area contributed by atoms with Crippen LogP contribution in [0.3, 0.4) is 0 Å². The van der Waals surface area contributed by atoms with E-state index in [1.54, 1.807) is 13.8 Å². The monoisotopic (exact) mass is 361 g/mol. The fraction of sp³-hybridized carbons (Fsp3) is 0.421. The average Bonchev–Trinajstić information content (AvgIpc) is 2.54. The molecule has 5 nitrogen and oxygen atoms in total. The summed E-state index contributed by atoms with van der Waals surface area (Å²) in [5, 5.41) is 3.64. The van der Waals surface area contributed by atoms with Crippen LogP contribution in [0.15, 0.2) is 16.9 Å². The molecule has 0 saturated heterocycles. The Balaban J connectivity index is 2.17. The summed E-state index contributed by atoms with van der Waals surface area (Å²) in [7, 11) is 0. The molecule has 0 fully saturated rings. The minimum atomic E-state index is -0.177. The number of H-pyrrole nitrogens is 1. The largest absolute Gasteiger partial charge is 0.326 e. The molecule has 0 spiro atoms. The van der Waals surface area contributed by atoms with E-state index in [1.807, 2.05) is 26.0 Å². The molecule has 6 heteroatoms. The summed E-state index contributed by atoms with van der Waals surface area (Å²) in [5.41, 5.74) is 3.85. The standard InChI is InChI=1S/C19H24ClN3O2/c1-5-13-7-9-16(20)14(6-2)18(13)23-17(24)10-8-15-11(3)21-12(4)22-19(15)25/h7,9H,5-6,8,10H2,1-4H3,(H,23,24)(H,21,22,25). The molecule has 2 aromatic rings. The van der Waals surface area contributed by atoms with Gasteiger partial charge in [0.2, 0.25) is 5.91 Å². The highest BCUT2D eigenvalue weighted by molar-refractivity contribution is 6.32. The first-order valence-corrected chi connectivity index (χ1v) is 8.91. The summed E-state index contributed by atoms with van der Waals surface area (Å²) in [6.07, 6.45) is 2.11. The smallest absolute Gasteiger partial charge is 0.254 e. The maximum atomic E-state index is 12.4. The van der Waals surface area contributed by atoms with Gasteiger partial charge >= 0.3 is 0 Å². The van der Waals surface area contributed by atoms with Crippen LogP contribution in [-0.4, -0.2) is 15.9 Å². The van der Waals surface area contributed by atoms with Crippen molar-refractivity contribution in [3.63, 3.8) is 0 Å². The van der Waals surface area contributed by atoms with Crippen LogP contribution in [0.5, 0.6) is 0 Å². The van der Waals surface area contributed by atoms with Crippen LogP contribution in [0, 0.1) is 13.8 Å². The number of benzene rings is 1. The van der Waals surface area contributed by atoms with Gasteiger partial charge in [-0.3, -0.25) is 9.59 Å². The molecule has 1 heterocycles. The van der Waals surface area contributed by atoms with Crippen molar-refractivity contribution in [1.29, 1.82) is 0 Å². The van der Waals surface area contributed by atoms with Gasteiger partial charge in [0.05, 0.1) is 0 Å². The third kappa shape index (κ3) is 4.48. The Morgan fingerprint density at radius 2 is 1.92 bits per heavy atom. The Labute approximate surface area is 152 Å². The van der Waals surface area contributed by atoms with E-state index in [-0.39, 0.29) is 17.9 Å². The fourth-order valence-electron chi connectivity index (χ4n) is 2.95. The lowest BCUT2D eigenvalue weighted by atomic mass is 10.0. The lowest BCUT2D eigenvalue weighted by molar-refractivity contribution is -0.116. The van der Waals surface area contributed by atoms with Gasteiger partial charge in [-0.15, -0.1) is 0 Å². The number of nitrogens with zero attached hydrogens (tertiary/aromatic N) is 1. The molecular formula is C19H24ClN3O2. The molecule has 1 aromatic carbocycles. The van der Waals surface area contributed by atoms with Crippen LogP contribution >= 0.6 is 11.6 Å². The number of carbonyl (C=O) groups is 1. The van der Waals surface area contributed by atoms with Crippen LogP contribution in [0.25, 0.3) is 0 Å². The van der Waals surface area contributed by atoms with E-state index in [2.05, 4.69) is 15.3 Å². The second-order valence-corrected chi connectivity index (χ2v) is 6.44. The minimum Gasteiger partial charge on any atom is -0.326 e. The Morgan fingerprint density at radius 1 is 1.20 bits per heavy atom. The van der Waals surface area contributed by atoms with E-state index in [1.165, 1.54) is 0 Å². The molecule has 1 amide bonds. The first kappa shape index (κ1) is 19.2. The Kier molecular flexibility index (Phi) is 6.37. The molecule has 25 heavy (non-hydrogen) atoms. The first-order valence-electron chi connectivity index (χ1n) is 8.53. The SMILES string of the molecule is CCc1ccc(Cl)c(CC)c1NC(=O)CCc1c(C)nc(C)[nH]c1=O. The summed E-state index contributed by atoms with van der Waals surface area (Å²) < 4.78 is 0. The molecule has 0 aliphatic carbocycles. The second-order valence-electron chi connectivity index (χ2n) is 6.03. The van der Waals surface area contributed by atoms with Crippen molar-refractivity contribution in [3.8, 4) is 0 Å². The van der Waals surface area contributed by atoms with Gasteiger partial charge in [-0.25, -0.2) is 4.98 Å². The number of anilines is 1. The highest BCUT2D eigenvalue weighted by atomic mass is 35.5. The molecule has 0 aliphatic heterocycles. The van der Waals surface area contributed by atoms with E-state index >= 15 is 0 Å². The number of hydrogen-bond donors (Lipinski definition) is 2. The normalized spacial score (nSPS) is 10.8. The van der Waals surface area contributed by atoms with E-state index in [9.17, 15) is 9.59 Å². The van der Waals surface area contributed by atoms with Crippen LogP contribution < -0.4 is 10.9 Å². The predicted octanol–water partition coefficient (Wildman–Crippen LogP) is 3.74. The van der Waals surface area contributed by atoms with Crippen molar-refractivity contribution in [2.75, 3.05) is 5.32 Å². The molecule has 0 bridgehead atoms. The molecule has 0 atom stereocenters. The summed E-state index contributed by atoms with van der Waals surface area (Å²) in [6, 6.07) is 3.81. The molecule has 0 unspecified atom stereocenters. The van der Waals surface area contributed by atoms with Gasteiger partial charge in [-0.05, 0) is 50.3 Å². The number of halogens is 1. The van der Waals surface area contributed by atoms with Crippen LogP contribution in [-0.2, 0) is 24.1 Å².